The van der Waals surface area contributed by atoms with Crippen LogP contribution in [-0.4, -0.2) is 27.8 Å². The first kappa shape index (κ1) is 10.3. The van der Waals surface area contributed by atoms with Gasteiger partial charge in [-0.2, -0.15) is 4.98 Å². The summed E-state index contributed by atoms with van der Waals surface area (Å²) >= 11 is 0. The van der Waals surface area contributed by atoms with Gasteiger partial charge in [0, 0.05) is 6.07 Å². The molecule has 5 heteroatoms. The van der Waals surface area contributed by atoms with Crippen LogP contribution in [0.3, 0.4) is 0 Å². The molecule has 1 rings (SSSR count). The van der Waals surface area contributed by atoms with Crippen molar-refractivity contribution in [1.29, 1.82) is 0 Å². The number of carbonyl (C=O) groups is 1. The molecule has 76 valence electrons. The Labute approximate surface area is 81.0 Å². The summed E-state index contributed by atoms with van der Waals surface area (Å²) in [4.78, 5) is 14.6. The van der Waals surface area contributed by atoms with E-state index >= 15 is 0 Å². The van der Waals surface area contributed by atoms with Crippen molar-refractivity contribution in [2.45, 2.75) is 13.8 Å². The molecule has 1 heterocycles. The summed E-state index contributed by atoms with van der Waals surface area (Å²) in [7, 11) is 0. The lowest BCUT2D eigenvalue weighted by molar-refractivity contribution is 0.0521. The fourth-order valence-electron chi connectivity index (χ4n) is 1.09. The molecule has 0 aromatic carbocycles. The van der Waals surface area contributed by atoms with Crippen molar-refractivity contribution in [1.82, 2.24) is 4.98 Å². The van der Waals surface area contributed by atoms with Gasteiger partial charge >= 0.3 is 5.97 Å². The number of esters is 1. The van der Waals surface area contributed by atoms with Gasteiger partial charge in [-0.05, 0) is 19.4 Å². The number of ether oxygens (including phenoxy) is 1. The van der Waals surface area contributed by atoms with Crippen LogP contribution in [0, 0.1) is 6.92 Å². The number of hydrogen-bond donors (Lipinski definition) is 2. The maximum atomic E-state index is 11.3. The highest BCUT2D eigenvalue weighted by Gasteiger charge is 2.17. The zero-order valence-corrected chi connectivity index (χ0v) is 7.94. The molecule has 2 N–H and O–H groups in total. The Bertz CT molecular complexity index is 339. The normalized spacial score (nSPS) is 9.86. The van der Waals surface area contributed by atoms with Gasteiger partial charge in [0.05, 0.1) is 6.61 Å². The molecule has 1 aromatic rings. The van der Waals surface area contributed by atoms with Crippen molar-refractivity contribution in [3.05, 3.63) is 17.2 Å². The molecule has 5 nitrogen and oxygen atoms in total. The molecule has 14 heavy (non-hydrogen) atoms. The topological polar surface area (TPSA) is 79.7 Å². The van der Waals surface area contributed by atoms with Gasteiger partial charge in [-0.3, -0.25) is 0 Å². The van der Waals surface area contributed by atoms with E-state index in [1.165, 1.54) is 6.07 Å². The van der Waals surface area contributed by atoms with Crippen LogP contribution in [0.1, 0.15) is 22.8 Å². The van der Waals surface area contributed by atoms with Gasteiger partial charge in [0.15, 0.2) is 0 Å². The predicted octanol–water partition coefficient (Wildman–Crippen LogP) is 0.978. The van der Waals surface area contributed by atoms with E-state index in [0.29, 0.717) is 5.56 Å². The van der Waals surface area contributed by atoms with Crippen molar-refractivity contribution in [2.75, 3.05) is 6.61 Å². The molecular weight excluding hydrogens is 186 g/mol. The number of pyridine rings is 1. The van der Waals surface area contributed by atoms with Gasteiger partial charge < -0.3 is 14.9 Å². The molecular formula is C9H11NO4. The Morgan fingerprint density at radius 1 is 1.57 bits per heavy atom. The van der Waals surface area contributed by atoms with Gasteiger partial charge in [-0.25, -0.2) is 4.79 Å². The summed E-state index contributed by atoms with van der Waals surface area (Å²) in [6.45, 7) is 3.46. The zero-order chi connectivity index (χ0) is 10.7. The van der Waals surface area contributed by atoms with E-state index in [-0.39, 0.29) is 18.1 Å². The maximum Gasteiger partial charge on any atom is 0.343 e. The van der Waals surface area contributed by atoms with Crippen LogP contribution in [-0.2, 0) is 4.74 Å². The summed E-state index contributed by atoms with van der Waals surface area (Å²) in [5.74, 6) is -1.48. The van der Waals surface area contributed by atoms with E-state index < -0.39 is 11.8 Å². The molecule has 0 radical (unpaired) electrons. The lowest BCUT2D eigenvalue weighted by Gasteiger charge is -2.06. The van der Waals surface area contributed by atoms with Gasteiger partial charge in [-0.1, -0.05) is 0 Å². The predicted molar refractivity (Wildman–Crippen MR) is 48.3 cm³/mol. The fourth-order valence-corrected chi connectivity index (χ4v) is 1.09. The second kappa shape index (κ2) is 3.95. The molecule has 0 saturated carbocycles. The number of carbonyl (C=O) groups excluding carboxylic acids is 1. The lowest BCUT2D eigenvalue weighted by Crippen LogP contribution is -2.07. The van der Waals surface area contributed by atoms with Gasteiger partial charge in [-0.15, -0.1) is 0 Å². The average Bonchev–Trinajstić information content (AvgIpc) is 2.01. The van der Waals surface area contributed by atoms with Crippen molar-refractivity contribution in [2.24, 2.45) is 0 Å². The molecule has 0 aliphatic rings. The van der Waals surface area contributed by atoms with Gasteiger partial charge in [0.25, 0.3) is 0 Å². The first-order chi connectivity index (χ1) is 6.56. The minimum Gasteiger partial charge on any atom is -0.493 e. The largest absolute Gasteiger partial charge is 0.493 e. The molecule has 0 saturated heterocycles. The Balaban J connectivity index is 3.14. The van der Waals surface area contributed by atoms with Crippen LogP contribution >= 0.6 is 0 Å². The number of aromatic hydroxyl groups is 2. The molecule has 0 fully saturated rings. The standard InChI is InChI=1S/C9H11NO4/c1-3-14-9(13)7-5(2)4-6(11)10-8(7)12/h4H,3H2,1-2H3,(H2,10,11,12). The third-order valence-electron chi connectivity index (χ3n) is 1.66. The van der Waals surface area contributed by atoms with Crippen LogP contribution in [0.2, 0.25) is 0 Å². The molecule has 0 bridgehead atoms. The summed E-state index contributed by atoms with van der Waals surface area (Å²) in [6, 6.07) is 1.28. The maximum absolute atomic E-state index is 11.3. The smallest absolute Gasteiger partial charge is 0.343 e. The molecule has 0 aliphatic heterocycles. The molecule has 1 aromatic heterocycles. The highest BCUT2D eigenvalue weighted by Crippen LogP contribution is 2.23. The monoisotopic (exact) mass is 197 g/mol. The first-order valence-electron chi connectivity index (χ1n) is 4.13. The van der Waals surface area contributed by atoms with Crippen LogP contribution in [0.5, 0.6) is 11.8 Å². The second-order valence-corrected chi connectivity index (χ2v) is 2.72. The quantitative estimate of drug-likeness (QED) is 0.691. The number of nitrogens with zero attached hydrogens (tertiary/aromatic N) is 1. The van der Waals surface area contributed by atoms with Crippen molar-refractivity contribution < 1.29 is 19.7 Å². The fraction of sp³-hybridized carbons (Fsp3) is 0.333. The van der Waals surface area contributed by atoms with E-state index in [2.05, 4.69) is 4.98 Å². The second-order valence-electron chi connectivity index (χ2n) is 2.72. The minimum atomic E-state index is -0.644. The number of aryl methyl sites for hydroxylation is 1. The Morgan fingerprint density at radius 2 is 2.21 bits per heavy atom. The van der Waals surface area contributed by atoms with E-state index in [0.717, 1.165) is 0 Å². The number of rotatable bonds is 2. The number of hydrogen-bond acceptors (Lipinski definition) is 5. The summed E-state index contributed by atoms with van der Waals surface area (Å²) in [5, 5.41) is 18.3. The summed E-state index contributed by atoms with van der Waals surface area (Å²) < 4.78 is 4.71. The van der Waals surface area contributed by atoms with Crippen molar-refractivity contribution in [3.8, 4) is 11.8 Å². The Hall–Kier alpha value is -1.78. The van der Waals surface area contributed by atoms with Crippen molar-refractivity contribution >= 4 is 5.97 Å². The molecule has 0 aliphatic carbocycles. The Morgan fingerprint density at radius 3 is 2.71 bits per heavy atom. The average molecular weight is 197 g/mol. The zero-order valence-electron chi connectivity index (χ0n) is 7.94. The lowest BCUT2D eigenvalue weighted by atomic mass is 10.1. The minimum absolute atomic E-state index is 0.00958. The van der Waals surface area contributed by atoms with Crippen LogP contribution in [0.4, 0.5) is 0 Å². The van der Waals surface area contributed by atoms with E-state index in [4.69, 9.17) is 9.84 Å². The third-order valence-corrected chi connectivity index (χ3v) is 1.66. The van der Waals surface area contributed by atoms with Crippen LogP contribution in [0.15, 0.2) is 6.07 Å². The van der Waals surface area contributed by atoms with E-state index in [1.807, 2.05) is 0 Å². The van der Waals surface area contributed by atoms with Crippen LogP contribution in [0.25, 0.3) is 0 Å². The number of aromatic nitrogens is 1. The van der Waals surface area contributed by atoms with E-state index in [1.54, 1.807) is 13.8 Å². The molecule has 0 unspecified atom stereocenters. The SMILES string of the molecule is CCOC(=O)c1c(C)cc(O)nc1O. The highest BCUT2D eigenvalue weighted by atomic mass is 16.5. The van der Waals surface area contributed by atoms with Gasteiger partial charge in [0.1, 0.15) is 5.56 Å². The first-order valence-corrected chi connectivity index (χ1v) is 4.13. The van der Waals surface area contributed by atoms with E-state index in [9.17, 15) is 9.90 Å². The van der Waals surface area contributed by atoms with Gasteiger partial charge in [0.2, 0.25) is 11.8 Å². The summed E-state index contributed by atoms with van der Waals surface area (Å²) in [5.41, 5.74) is 0.415. The summed E-state index contributed by atoms with van der Waals surface area (Å²) in [6.07, 6.45) is 0. The van der Waals surface area contributed by atoms with Crippen molar-refractivity contribution in [3.63, 3.8) is 0 Å². The highest BCUT2D eigenvalue weighted by molar-refractivity contribution is 5.93. The van der Waals surface area contributed by atoms with Crippen LogP contribution < -0.4 is 0 Å². The molecule has 0 amide bonds. The Kier molecular flexibility index (Phi) is 2.91. The third kappa shape index (κ3) is 1.93. The molecule has 0 spiro atoms. The molecule has 0 atom stereocenters.